The van der Waals surface area contributed by atoms with E-state index in [4.69, 9.17) is 5.53 Å². The largest absolute Gasteiger partial charge is 0.282 e. The first-order valence-corrected chi connectivity index (χ1v) is 9.28. The van der Waals surface area contributed by atoms with Gasteiger partial charge in [0.15, 0.2) is 0 Å². The molecule has 0 aliphatic rings. The molecule has 0 saturated carbocycles. The molecule has 0 heterocycles. The maximum Gasteiger partial charge on any atom is 0.219 e. The predicted molar refractivity (Wildman–Crippen MR) is 104 cm³/mol. The lowest BCUT2D eigenvalue weighted by atomic mass is 10.1. The molecule has 0 unspecified atom stereocenters. The van der Waals surface area contributed by atoms with E-state index in [1.54, 1.807) is 0 Å². The zero-order valence-electron chi connectivity index (χ0n) is 12.5. The van der Waals surface area contributed by atoms with Crippen LogP contribution in [0.15, 0.2) is 53.6 Å². The van der Waals surface area contributed by atoms with E-state index in [-0.39, 0.29) is 5.12 Å². The number of thioether (sulfide) groups is 1. The summed E-state index contributed by atoms with van der Waals surface area (Å²) in [4.78, 5) is 15.2. The summed E-state index contributed by atoms with van der Waals surface area (Å²) in [5.74, 6) is 0.754. The number of halogens is 1. The number of nitrogens with zero attached hydrogens (tertiary/aromatic N) is 3. The molecule has 0 N–H and O–H groups in total. The fraction of sp³-hybridized carbons (Fsp3) is 0.235. The van der Waals surface area contributed by atoms with Crippen molar-refractivity contribution in [1.29, 1.82) is 0 Å². The number of aryl methyl sites for hydroxylation is 1. The fourth-order valence-electron chi connectivity index (χ4n) is 2.19. The standard InChI is InChI=1S/C17H16IN3OS/c18-16-8-4-2-6-14(16)10-12-23-17(22)15-7-3-1-5-13(15)9-11-20-21-19/h1-8H,9-12H2. The second kappa shape index (κ2) is 9.60. The molecule has 2 rings (SSSR count). The van der Waals surface area contributed by atoms with Crippen molar-refractivity contribution in [2.75, 3.05) is 12.3 Å². The van der Waals surface area contributed by atoms with Gasteiger partial charge in [0.05, 0.1) is 0 Å². The van der Waals surface area contributed by atoms with Crippen molar-refractivity contribution in [3.8, 4) is 0 Å². The number of benzene rings is 2. The van der Waals surface area contributed by atoms with E-state index in [1.807, 2.05) is 36.4 Å². The fourth-order valence-corrected chi connectivity index (χ4v) is 3.70. The lowest BCUT2D eigenvalue weighted by Gasteiger charge is -2.08. The van der Waals surface area contributed by atoms with Gasteiger partial charge in [-0.2, -0.15) is 0 Å². The van der Waals surface area contributed by atoms with Crippen LogP contribution in [0.1, 0.15) is 21.5 Å². The Kier molecular flexibility index (Phi) is 7.45. The lowest BCUT2D eigenvalue weighted by Crippen LogP contribution is -2.03. The van der Waals surface area contributed by atoms with E-state index < -0.39 is 0 Å². The average Bonchev–Trinajstić information content (AvgIpc) is 2.57. The molecule has 0 amide bonds. The minimum absolute atomic E-state index is 0.0764. The lowest BCUT2D eigenvalue weighted by molar-refractivity contribution is 0.108. The second-order valence-electron chi connectivity index (χ2n) is 4.84. The van der Waals surface area contributed by atoms with Crippen molar-refractivity contribution in [2.24, 2.45) is 5.11 Å². The number of hydrogen-bond donors (Lipinski definition) is 0. The molecule has 2 aromatic rings. The number of carbonyl (C=O) groups is 1. The van der Waals surface area contributed by atoms with Gasteiger partial charge in [0.1, 0.15) is 0 Å². The van der Waals surface area contributed by atoms with Gasteiger partial charge in [-0.25, -0.2) is 0 Å². The molecule has 2 aromatic carbocycles. The van der Waals surface area contributed by atoms with E-state index >= 15 is 0 Å². The molecular formula is C17H16IN3OS. The van der Waals surface area contributed by atoms with Crippen LogP contribution in [0.3, 0.4) is 0 Å². The molecule has 23 heavy (non-hydrogen) atoms. The van der Waals surface area contributed by atoms with Crippen molar-refractivity contribution >= 4 is 39.5 Å². The summed E-state index contributed by atoms with van der Waals surface area (Å²) in [6.45, 7) is 0.369. The first kappa shape index (κ1) is 17.8. The Hall–Kier alpha value is -1.50. The smallest absolute Gasteiger partial charge is 0.219 e. The zero-order chi connectivity index (χ0) is 16.5. The summed E-state index contributed by atoms with van der Waals surface area (Å²) < 4.78 is 1.23. The van der Waals surface area contributed by atoms with Gasteiger partial charge in [-0.05, 0) is 58.2 Å². The SMILES string of the molecule is [N-]=[N+]=NCCc1ccccc1C(=O)SCCc1ccccc1I. The second-order valence-corrected chi connectivity index (χ2v) is 7.07. The summed E-state index contributed by atoms with van der Waals surface area (Å²) >= 11 is 3.66. The highest BCUT2D eigenvalue weighted by Gasteiger charge is 2.11. The van der Waals surface area contributed by atoms with Crippen LogP contribution in [0.4, 0.5) is 0 Å². The van der Waals surface area contributed by atoms with Crippen LogP contribution in [0.25, 0.3) is 10.4 Å². The van der Waals surface area contributed by atoms with Gasteiger partial charge in [0.25, 0.3) is 0 Å². The van der Waals surface area contributed by atoms with Crippen LogP contribution in [0.5, 0.6) is 0 Å². The number of azide groups is 1. The maximum absolute atomic E-state index is 12.4. The first-order chi connectivity index (χ1) is 11.2. The van der Waals surface area contributed by atoms with Crippen LogP contribution >= 0.6 is 34.4 Å². The molecule has 4 nitrogen and oxygen atoms in total. The van der Waals surface area contributed by atoms with Crippen LogP contribution < -0.4 is 0 Å². The molecule has 0 radical (unpaired) electrons. The van der Waals surface area contributed by atoms with Crippen molar-refractivity contribution in [3.63, 3.8) is 0 Å². The highest BCUT2D eigenvalue weighted by Crippen LogP contribution is 2.20. The Balaban J connectivity index is 1.95. The Bertz CT molecular complexity index is 729. The number of hydrogen-bond acceptors (Lipinski definition) is 3. The van der Waals surface area contributed by atoms with Crippen molar-refractivity contribution in [2.45, 2.75) is 12.8 Å². The molecule has 0 aliphatic carbocycles. The third-order valence-electron chi connectivity index (χ3n) is 3.34. The third kappa shape index (κ3) is 5.57. The highest BCUT2D eigenvalue weighted by molar-refractivity contribution is 14.1. The Morgan fingerprint density at radius 3 is 2.52 bits per heavy atom. The van der Waals surface area contributed by atoms with Crippen molar-refractivity contribution < 1.29 is 4.79 Å². The zero-order valence-corrected chi connectivity index (χ0v) is 15.5. The van der Waals surface area contributed by atoms with Gasteiger partial charge in [0, 0.05) is 26.3 Å². The molecule has 0 atom stereocenters. The summed E-state index contributed by atoms with van der Waals surface area (Å²) in [6, 6.07) is 15.7. The predicted octanol–water partition coefficient (Wildman–Crippen LogP) is 5.26. The average molecular weight is 437 g/mol. The molecule has 0 saturated heterocycles. The van der Waals surface area contributed by atoms with Crippen molar-refractivity contribution in [1.82, 2.24) is 0 Å². The Morgan fingerprint density at radius 1 is 1.09 bits per heavy atom. The first-order valence-electron chi connectivity index (χ1n) is 7.21. The van der Waals surface area contributed by atoms with Crippen molar-refractivity contribution in [3.05, 3.63) is 79.2 Å². The quantitative estimate of drug-likeness (QED) is 0.257. The molecule has 118 valence electrons. The summed E-state index contributed by atoms with van der Waals surface area (Å²) in [5, 5.41) is 3.62. The number of rotatable bonds is 7. The molecule has 0 fully saturated rings. The maximum atomic E-state index is 12.4. The van der Waals surface area contributed by atoms with Gasteiger partial charge in [0.2, 0.25) is 5.12 Å². The van der Waals surface area contributed by atoms with Crippen LogP contribution in [0, 0.1) is 3.57 Å². The Labute approximate surface area is 153 Å². The van der Waals surface area contributed by atoms with Gasteiger partial charge in [-0.1, -0.05) is 59.3 Å². The molecule has 0 aliphatic heterocycles. The summed E-state index contributed by atoms with van der Waals surface area (Å²) in [6.07, 6.45) is 1.46. The van der Waals surface area contributed by atoms with Crippen LogP contribution in [0.2, 0.25) is 0 Å². The normalized spacial score (nSPS) is 10.1. The molecule has 6 heteroatoms. The van der Waals surface area contributed by atoms with E-state index in [9.17, 15) is 4.79 Å². The molecular weight excluding hydrogens is 421 g/mol. The van der Waals surface area contributed by atoms with E-state index in [0.717, 1.165) is 17.7 Å². The summed E-state index contributed by atoms with van der Waals surface area (Å²) in [7, 11) is 0. The molecule has 0 spiro atoms. The Morgan fingerprint density at radius 2 is 1.78 bits per heavy atom. The number of carbonyl (C=O) groups excluding carboxylic acids is 1. The minimum Gasteiger partial charge on any atom is -0.282 e. The van der Waals surface area contributed by atoms with Gasteiger partial charge in [-0.15, -0.1) is 0 Å². The summed E-state index contributed by atoms with van der Waals surface area (Å²) in [5.41, 5.74) is 11.3. The van der Waals surface area contributed by atoms with Crippen LogP contribution in [-0.2, 0) is 12.8 Å². The van der Waals surface area contributed by atoms with Gasteiger partial charge >= 0.3 is 0 Å². The van der Waals surface area contributed by atoms with E-state index in [0.29, 0.717) is 18.5 Å². The van der Waals surface area contributed by atoms with E-state index in [1.165, 1.54) is 20.9 Å². The van der Waals surface area contributed by atoms with Gasteiger partial charge in [-0.3, -0.25) is 4.79 Å². The van der Waals surface area contributed by atoms with Gasteiger partial charge < -0.3 is 0 Å². The minimum atomic E-state index is 0.0764. The highest BCUT2D eigenvalue weighted by atomic mass is 127. The van der Waals surface area contributed by atoms with E-state index in [2.05, 4.69) is 44.7 Å². The molecule has 0 aromatic heterocycles. The van der Waals surface area contributed by atoms with Crippen LogP contribution in [-0.4, -0.2) is 17.4 Å². The topological polar surface area (TPSA) is 65.8 Å². The third-order valence-corrected chi connectivity index (χ3v) is 5.29. The monoisotopic (exact) mass is 437 g/mol. The molecule has 0 bridgehead atoms.